The van der Waals surface area contributed by atoms with Gasteiger partial charge in [-0.15, -0.1) is 0 Å². The number of rotatable bonds is 8. The van der Waals surface area contributed by atoms with E-state index in [2.05, 4.69) is 43.4 Å². The van der Waals surface area contributed by atoms with E-state index in [1.54, 1.807) is 12.1 Å². The third-order valence-electron chi connectivity index (χ3n) is 3.85. The van der Waals surface area contributed by atoms with Crippen LogP contribution in [-0.2, 0) is 4.79 Å². The standard InChI is InChI=1S/C20H24ClNO2/c1-3-19(16-8-6-15(2)7-9-16)22-20(23)5-4-14-24-18-12-10-17(21)11-13-18/h6-13,19H,3-5,14H2,1-2H3,(H,22,23)/t19-/m1/s1. The molecule has 0 aliphatic rings. The molecule has 0 saturated carbocycles. The van der Waals surface area contributed by atoms with E-state index in [1.165, 1.54) is 5.56 Å². The summed E-state index contributed by atoms with van der Waals surface area (Å²) in [6, 6.07) is 15.6. The highest BCUT2D eigenvalue weighted by Gasteiger charge is 2.12. The molecule has 0 aromatic heterocycles. The molecule has 3 nitrogen and oxygen atoms in total. The lowest BCUT2D eigenvalue weighted by atomic mass is 10.0. The van der Waals surface area contributed by atoms with Gasteiger partial charge in [-0.3, -0.25) is 4.79 Å². The van der Waals surface area contributed by atoms with Crippen LogP contribution in [0.25, 0.3) is 0 Å². The average Bonchev–Trinajstić information content (AvgIpc) is 2.59. The van der Waals surface area contributed by atoms with Gasteiger partial charge in [0.2, 0.25) is 5.91 Å². The monoisotopic (exact) mass is 345 g/mol. The van der Waals surface area contributed by atoms with Crippen LogP contribution in [0.4, 0.5) is 0 Å². The number of amides is 1. The second kappa shape index (κ2) is 9.33. The van der Waals surface area contributed by atoms with E-state index in [4.69, 9.17) is 16.3 Å². The molecular weight excluding hydrogens is 322 g/mol. The SMILES string of the molecule is CC[C@@H](NC(=O)CCCOc1ccc(Cl)cc1)c1ccc(C)cc1. The third-order valence-corrected chi connectivity index (χ3v) is 4.11. The van der Waals surface area contributed by atoms with E-state index in [9.17, 15) is 4.79 Å². The van der Waals surface area contributed by atoms with Crippen molar-refractivity contribution in [3.63, 3.8) is 0 Å². The predicted octanol–water partition coefficient (Wildman–Crippen LogP) is 5.07. The quantitative estimate of drug-likeness (QED) is 0.678. The number of hydrogen-bond acceptors (Lipinski definition) is 2. The second-order valence-corrected chi connectivity index (χ2v) is 6.28. The van der Waals surface area contributed by atoms with Crippen LogP contribution >= 0.6 is 11.6 Å². The van der Waals surface area contributed by atoms with Crippen LogP contribution in [0, 0.1) is 6.92 Å². The van der Waals surface area contributed by atoms with Crippen LogP contribution in [-0.4, -0.2) is 12.5 Å². The summed E-state index contributed by atoms with van der Waals surface area (Å²) >= 11 is 5.83. The summed E-state index contributed by atoms with van der Waals surface area (Å²) in [6.07, 6.45) is 2.00. The fraction of sp³-hybridized carbons (Fsp3) is 0.350. The number of aryl methyl sites for hydroxylation is 1. The molecule has 2 rings (SSSR count). The Balaban J connectivity index is 1.73. The van der Waals surface area contributed by atoms with Gasteiger partial charge in [0.05, 0.1) is 12.6 Å². The van der Waals surface area contributed by atoms with Gasteiger partial charge in [0.25, 0.3) is 0 Å². The van der Waals surface area contributed by atoms with Crippen LogP contribution in [0.2, 0.25) is 5.02 Å². The number of carbonyl (C=O) groups is 1. The van der Waals surface area contributed by atoms with Crippen LogP contribution in [0.15, 0.2) is 48.5 Å². The maximum atomic E-state index is 12.1. The van der Waals surface area contributed by atoms with Crippen molar-refractivity contribution in [3.05, 3.63) is 64.7 Å². The molecule has 0 aliphatic carbocycles. The van der Waals surface area contributed by atoms with Crippen molar-refractivity contribution in [2.75, 3.05) is 6.61 Å². The Bertz CT molecular complexity index is 638. The van der Waals surface area contributed by atoms with Crippen LogP contribution < -0.4 is 10.1 Å². The summed E-state index contributed by atoms with van der Waals surface area (Å²) in [6.45, 7) is 4.65. The minimum Gasteiger partial charge on any atom is -0.494 e. The smallest absolute Gasteiger partial charge is 0.220 e. The van der Waals surface area contributed by atoms with Gasteiger partial charge in [-0.1, -0.05) is 48.4 Å². The van der Waals surface area contributed by atoms with Gasteiger partial charge in [-0.2, -0.15) is 0 Å². The molecular formula is C20H24ClNO2. The van der Waals surface area contributed by atoms with Crippen LogP contribution in [0.5, 0.6) is 5.75 Å². The van der Waals surface area contributed by atoms with E-state index < -0.39 is 0 Å². The number of hydrogen-bond donors (Lipinski definition) is 1. The van der Waals surface area contributed by atoms with Gasteiger partial charge in [0.1, 0.15) is 5.75 Å². The molecule has 0 bridgehead atoms. The molecule has 128 valence electrons. The van der Waals surface area contributed by atoms with Gasteiger partial charge in [0.15, 0.2) is 0 Å². The zero-order chi connectivity index (χ0) is 17.4. The fourth-order valence-electron chi connectivity index (χ4n) is 2.44. The lowest BCUT2D eigenvalue weighted by Gasteiger charge is -2.17. The van der Waals surface area contributed by atoms with Gasteiger partial charge in [0, 0.05) is 11.4 Å². The molecule has 1 amide bonds. The first-order chi connectivity index (χ1) is 11.6. The van der Waals surface area contributed by atoms with E-state index in [1.807, 2.05) is 12.1 Å². The topological polar surface area (TPSA) is 38.3 Å². The number of nitrogens with one attached hydrogen (secondary N) is 1. The molecule has 0 aliphatic heterocycles. The zero-order valence-electron chi connectivity index (χ0n) is 14.2. The van der Waals surface area contributed by atoms with Crippen molar-refractivity contribution in [1.29, 1.82) is 0 Å². The Morgan fingerprint density at radius 3 is 2.42 bits per heavy atom. The van der Waals surface area contributed by atoms with Crippen molar-refractivity contribution >= 4 is 17.5 Å². The zero-order valence-corrected chi connectivity index (χ0v) is 15.0. The molecule has 0 radical (unpaired) electrons. The molecule has 0 heterocycles. The van der Waals surface area contributed by atoms with Crippen molar-refractivity contribution in [1.82, 2.24) is 5.32 Å². The molecule has 0 fully saturated rings. The minimum atomic E-state index is 0.0575. The second-order valence-electron chi connectivity index (χ2n) is 5.84. The highest BCUT2D eigenvalue weighted by Crippen LogP contribution is 2.18. The Labute approximate surface area is 149 Å². The molecule has 0 saturated heterocycles. The molecule has 1 atom stereocenters. The Hall–Kier alpha value is -2.00. The Morgan fingerprint density at radius 2 is 1.79 bits per heavy atom. The van der Waals surface area contributed by atoms with E-state index >= 15 is 0 Å². The lowest BCUT2D eigenvalue weighted by molar-refractivity contribution is -0.122. The third kappa shape index (κ3) is 5.89. The first kappa shape index (κ1) is 18.3. The maximum Gasteiger partial charge on any atom is 0.220 e. The molecule has 0 spiro atoms. The largest absolute Gasteiger partial charge is 0.494 e. The predicted molar refractivity (Wildman–Crippen MR) is 98.5 cm³/mol. The molecule has 24 heavy (non-hydrogen) atoms. The normalized spacial score (nSPS) is 11.8. The summed E-state index contributed by atoms with van der Waals surface area (Å²) in [4.78, 5) is 12.1. The van der Waals surface area contributed by atoms with Crippen molar-refractivity contribution in [2.45, 2.75) is 39.2 Å². The molecule has 4 heteroatoms. The summed E-state index contributed by atoms with van der Waals surface area (Å²) in [7, 11) is 0. The summed E-state index contributed by atoms with van der Waals surface area (Å²) in [5, 5.41) is 3.78. The van der Waals surface area contributed by atoms with Gasteiger partial charge >= 0.3 is 0 Å². The van der Waals surface area contributed by atoms with E-state index in [-0.39, 0.29) is 11.9 Å². The summed E-state index contributed by atoms with van der Waals surface area (Å²) in [5.74, 6) is 0.827. The highest BCUT2D eigenvalue weighted by atomic mass is 35.5. The van der Waals surface area contributed by atoms with Gasteiger partial charge < -0.3 is 10.1 Å². The first-order valence-corrected chi connectivity index (χ1v) is 8.70. The van der Waals surface area contributed by atoms with Gasteiger partial charge in [-0.05, 0) is 49.6 Å². The average molecular weight is 346 g/mol. The Morgan fingerprint density at radius 1 is 1.12 bits per heavy atom. The molecule has 2 aromatic rings. The first-order valence-electron chi connectivity index (χ1n) is 8.32. The number of carbonyl (C=O) groups excluding carboxylic acids is 1. The lowest BCUT2D eigenvalue weighted by Crippen LogP contribution is -2.28. The van der Waals surface area contributed by atoms with Crippen LogP contribution in [0.1, 0.15) is 43.4 Å². The van der Waals surface area contributed by atoms with Crippen LogP contribution in [0.3, 0.4) is 0 Å². The van der Waals surface area contributed by atoms with Gasteiger partial charge in [-0.25, -0.2) is 0 Å². The van der Waals surface area contributed by atoms with E-state index in [0.29, 0.717) is 24.5 Å². The number of benzene rings is 2. The Kier molecular flexibility index (Phi) is 7.13. The maximum absolute atomic E-state index is 12.1. The minimum absolute atomic E-state index is 0.0575. The molecule has 1 N–H and O–H groups in total. The summed E-state index contributed by atoms with van der Waals surface area (Å²) < 4.78 is 5.60. The van der Waals surface area contributed by atoms with Crippen molar-refractivity contribution < 1.29 is 9.53 Å². The highest BCUT2D eigenvalue weighted by molar-refractivity contribution is 6.30. The van der Waals surface area contributed by atoms with Crippen molar-refractivity contribution in [3.8, 4) is 5.75 Å². The summed E-state index contributed by atoms with van der Waals surface area (Å²) in [5.41, 5.74) is 2.37. The number of halogens is 1. The molecule has 0 unspecified atom stereocenters. The number of ether oxygens (including phenoxy) is 1. The van der Waals surface area contributed by atoms with E-state index in [0.717, 1.165) is 17.7 Å². The fourth-order valence-corrected chi connectivity index (χ4v) is 2.57. The van der Waals surface area contributed by atoms with Crippen molar-refractivity contribution in [2.24, 2.45) is 0 Å². The molecule has 2 aromatic carbocycles.